The first-order valence-electron chi connectivity index (χ1n) is 9.63. The Morgan fingerprint density at radius 3 is 2.52 bits per heavy atom. The van der Waals surface area contributed by atoms with Crippen LogP contribution in [0, 0.1) is 5.92 Å². The summed E-state index contributed by atoms with van der Waals surface area (Å²) >= 11 is 0. The predicted molar refractivity (Wildman–Crippen MR) is 102 cm³/mol. The van der Waals surface area contributed by atoms with E-state index >= 15 is 0 Å². The van der Waals surface area contributed by atoms with Crippen molar-refractivity contribution in [3.63, 3.8) is 0 Å². The van der Waals surface area contributed by atoms with Crippen LogP contribution in [0.2, 0.25) is 0 Å². The molecule has 1 amide bonds. The molecule has 1 saturated carbocycles. The van der Waals surface area contributed by atoms with Gasteiger partial charge in [-0.3, -0.25) is 4.79 Å². The lowest BCUT2D eigenvalue weighted by Gasteiger charge is -2.31. The molecule has 25 heavy (non-hydrogen) atoms. The summed E-state index contributed by atoms with van der Waals surface area (Å²) in [6, 6.07) is 8.39. The van der Waals surface area contributed by atoms with Gasteiger partial charge < -0.3 is 20.3 Å². The third kappa shape index (κ3) is 4.95. The molecule has 1 aromatic carbocycles. The number of morpholine rings is 1. The molecule has 1 heterocycles. The molecule has 0 spiro atoms. The number of benzene rings is 1. The van der Waals surface area contributed by atoms with Crippen molar-refractivity contribution in [2.75, 3.05) is 36.5 Å². The van der Waals surface area contributed by atoms with E-state index in [0.29, 0.717) is 12.0 Å². The number of carbonyl (C=O) groups excluding carboxylic acids is 1. The van der Waals surface area contributed by atoms with Gasteiger partial charge in [0.1, 0.15) is 0 Å². The van der Waals surface area contributed by atoms with Crippen molar-refractivity contribution in [1.82, 2.24) is 5.32 Å². The first-order chi connectivity index (χ1) is 12.1. The maximum Gasteiger partial charge on any atom is 0.241 e. The molecule has 2 N–H and O–H groups in total. The fraction of sp³-hybridized carbons (Fsp3) is 0.650. The highest BCUT2D eigenvalue weighted by Crippen LogP contribution is 2.24. The highest BCUT2D eigenvalue weighted by Gasteiger charge is 2.24. The SMILES string of the molecule is C[C@H](N[C@H]1CCCC[C@@H]1C)C(=O)Nc1ccc(N2CCOCC2)cc1. The molecule has 5 heteroatoms. The molecule has 1 saturated heterocycles. The minimum Gasteiger partial charge on any atom is -0.378 e. The Kier molecular flexibility index (Phi) is 6.32. The summed E-state index contributed by atoms with van der Waals surface area (Å²) in [4.78, 5) is 14.8. The maximum absolute atomic E-state index is 12.5. The number of nitrogens with one attached hydrogen (secondary N) is 2. The van der Waals surface area contributed by atoms with Crippen molar-refractivity contribution in [2.45, 2.75) is 51.6 Å². The van der Waals surface area contributed by atoms with Crippen LogP contribution < -0.4 is 15.5 Å². The zero-order valence-corrected chi connectivity index (χ0v) is 15.5. The Labute approximate surface area is 151 Å². The van der Waals surface area contributed by atoms with E-state index in [2.05, 4.69) is 34.6 Å². The third-order valence-electron chi connectivity index (χ3n) is 5.48. The van der Waals surface area contributed by atoms with Crippen LogP contribution in [0.3, 0.4) is 0 Å². The molecule has 0 aromatic heterocycles. The Morgan fingerprint density at radius 2 is 1.84 bits per heavy atom. The quantitative estimate of drug-likeness (QED) is 0.861. The average molecular weight is 345 g/mol. The molecular formula is C20H31N3O2. The Bertz CT molecular complexity index is 555. The van der Waals surface area contributed by atoms with E-state index in [4.69, 9.17) is 4.74 Å². The van der Waals surface area contributed by atoms with Gasteiger partial charge in [-0.15, -0.1) is 0 Å². The molecule has 1 aliphatic carbocycles. The summed E-state index contributed by atoms with van der Waals surface area (Å²) in [5.41, 5.74) is 2.04. The minimum absolute atomic E-state index is 0.0388. The summed E-state index contributed by atoms with van der Waals surface area (Å²) in [6.45, 7) is 7.64. The summed E-state index contributed by atoms with van der Waals surface area (Å²) in [5.74, 6) is 0.689. The fourth-order valence-electron chi connectivity index (χ4n) is 3.79. The lowest BCUT2D eigenvalue weighted by Crippen LogP contribution is -2.47. The van der Waals surface area contributed by atoms with Crippen LogP contribution in [0.25, 0.3) is 0 Å². The molecule has 1 aliphatic heterocycles. The van der Waals surface area contributed by atoms with Crippen LogP contribution in [0.1, 0.15) is 39.5 Å². The van der Waals surface area contributed by atoms with Crippen LogP contribution in [0.15, 0.2) is 24.3 Å². The minimum atomic E-state index is -0.176. The number of anilines is 2. The normalized spacial score (nSPS) is 25.4. The van der Waals surface area contributed by atoms with Crippen molar-refractivity contribution in [3.05, 3.63) is 24.3 Å². The molecule has 5 nitrogen and oxygen atoms in total. The van der Waals surface area contributed by atoms with Crippen molar-refractivity contribution in [1.29, 1.82) is 0 Å². The van der Waals surface area contributed by atoms with Gasteiger partial charge >= 0.3 is 0 Å². The summed E-state index contributed by atoms with van der Waals surface area (Å²) in [6.07, 6.45) is 5.01. The number of hydrogen-bond acceptors (Lipinski definition) is 4. The Hall–Kier alpha value is -1.59. The molecule has 2 fully saturated rings. The second-order valence-electron chi connectivity index (χ2n) is 7.39. The molecule has 0 unspecified atom stereocenters. The molecule has 3 atom stereocenters. The van der Waals surface area contributed by atoms with Gasteiger partial charge in [0.2, 0.25) is 5.91 Å². The lowest BCUT2D eigenvalue weighted by atomic mass is 9.85. The van der Waals surface area contributed by atoms with Crippen molar-refractivity contribution in [2.24, 2.45) is 5.92 Å². The monoisotopic (exact) mass is 345 g/mol. The third-order valence-corrected chi connectivity index (χ3v) is 5.48. The van der Waals surface area contributed by atoms with Crippen molar-refractivity contribution in [3.8, 4) is 0 Å². The number of carbonyl (C=O) groups is 1. The van der Waals surface area contributed by atoms with Crippen molar-refractivity contribution < 1.29 is 9.53 Å². The molecule has 138 valence electrons. The number of nitrogens with zero attached hydrogens (tertiary/aromatic N) is 1. The number of rotatable bonds is 5. The summed E-state index contributed by atoms with van der Waals surface area (Å²) in [7, 11) is 0. The van der Waals surface area contributed by atoms with Crippen LogP contribution in [-0.2, 0) is 9.53 Å². The molecule has 0 radical (unpaired) electrons. The van der Waals surface area contributed by atoms with Gasteiger partial charge in [-0.1, -0.05) is 19.8 Å². The number of hydrogen-bond donors (Lipinski definition) is 2. The lowest BCUT2D eigenvalue weighted by molar-refractivity contribution is -0.118. The van der Waals surface area contributed by atoms with Gasteiger partial charge in [-0.2, -0.15) is 0 Å². The number of amides is 1. The predicted octanol–water partition coefficient (Wildman–Crippen LogP) is 3.02. The van der Waals surface area contributed by atoms with Crippen LogP contribution >= 0.6 is 0 Å². The first-order valence-corrected chi connectivity index (χ1v) is 9.63. The van der Waals surface area contributed by atoms with Crippen LogP contribution in [-0.4, -0.2) is 44.3 Å². The van der Waals surface area contributed by atoms with Gasteiger partial charge in [0, 0.05) is 30.5 Å². The van der Waals surface area contributed by atoms with Crippen molar-refractivity contribution >= 4 is 17.3 Å². The molecule has 3 rings (SSSR count). The zero-order valence-electron chi connectivity index (χ0n) is 15.5. The molecule has 0 bridgehead atoms. The van der Waals surface area contributed by atoms with Crippen LogP contribution in [0.5, 0.6) is 0 Å². The highest BCUT2D eigenvalue weighted by molar-refractivity contribution is 5.94. The molecule has 2 aliphatic rings. The second kappa shape index (κ2) is 8.68. The van der Waals surface area contributed by atoms with E-state index in [-0.39, 0.29) is 11.9 Å². The van der Waals surface area contributed by atoms with Crippen LogP contribution in [0.4, 0.5) is 11.4 Å². The fourth-order valence-corrected chi connectivity index (χ4v) is 3.79. The summed E-state index contributed by atoms with van der Waals surface area (Å²) < 4.78 is 5.39. The average Bonchev–Trinajstić information content (AvgIpc) is 2.65. The Morgan fingerprint density at radius 1 is 1.16 bits per heavy atom. The van der Waals surface area contributed by atoms with E-state index in [1.807, 2.05) is 19.1 Å². The first kappa shape index (κ1) is 18.2. The smallest absolute Gasteiger partial charge is 0.241 e. The second-order valence-corrected chi connectivity index (χ2v) is 7.39. The van der Waals surface area contributed by atoms with E-state index < -0.39 is 0 Å². The van der Waals surface area contributed by atoms with Gasteiger partial charge in [0.25, 0.3) is 0 Å². The van der Waals surface area contributed by atoms with Gasteiger partial charge in [-0.05, 0) is 49.9 Å². The van der Waals surface area contributed by atoms with E-state index in [1.165, 1.54) is 31.4 Å². The standard InChI is InChI=1S/C20H31N3O2/c1-15-5-3-4-6-19(15)21-16(2)20(24)22-17-7-9-18(10-8-17)23-11-13-25-14-12-23/h7-10,15-16,19,21H,3-6,11-14H2,1-2H3,(H,22,24)/t15-,16-,19-/m0/s1. The van der Waals surface area contributed by atoms with Gasteiger partial charge in [0.15, 0.2) is 0 Å². The Balaban J connectivity index is 1.51. The van der Waals surface area contributed by atoms with E-state index in [0.717, 1.165) is 32.0 Å². The largest absolute Gasteiger partial charge is 0.378 e. The van der Waals surface area contributed by atoms with Gasteiger partial charge in [-0.25, -0.2) is 0 Å². The number of ether oxygens (including phenoxy) is 1. The van der Waals surface area contributed by atoms with Gasteiger partial charge in [0.05, 0.1) is 19.3 Å². The maximum atomic E-state index is 12.5. The molecule has 1 aromatic rings. The zero-order chi connectivity index (χ0) is 17.6. The topological polar surface area (TPSA) is 53.6 Å². The highest BCUT2D eigenvalue weighted by atomic mass is 16.5. The molecular weight excluding hydrogens is 314 g/mol. The summed E-state index contributed by atoms with van der Waals surface area (Å²) in [5, 5.41) is 6.55. The van der Waals surface area contributed by atoms with E-state index in [9.17, 15) is 4.79 Å². The van der Waals surface area contributed by atoms with E-state index in [1.54, 1.807) is 0 Å².